The molecule has 2 atom stereocenters. The molecule has 3 rings (SSSR count). The Morgan fingerprint density at radius 2 is 1.96 bits per heavy atom. The first-order chi connectivity index (χ1) is 11.5. The lowest BCUT2D eigenvalue weighted by molar-refractivity contribution is 0.421. The van der Waals surface area contributed by atoms with Crippen LogP contribution < -0.4 is 0 Å². The average Bonchev–Trinajstić information content (AvgIpc) is 2.99. The van der Waals surface area contributed by atoms with Crippen molar-refractivity contribution in [2.75, 3.05) is 0 Å². The van der Waals surface area contributed by atoms with E-state index in [9.17, 15) is 0 Å². The molecule has 1 N–H and O–H groups in total. The molecule has 0 aliphatic rings. The molecular formula is C18H20Cl2N4. The molecule has 0 spiro atoms. The normalized spacial score (nSPS) is 14.0. The number of imidazole rings is 1. The van der Waals surface area contributed by atoms with Crippen LogP contribution in [0.15, 0.2) is 24.4 Å². The second-order valence-corrected chi connectivity index (χ2v) is 6.95. The van der Waals surface area contributed by atoms with Gasteiger partial charge in [-0.25, -0.2) is 4.98 Å². The van der Waals surface area contributed by atoms with E-state index in [1.807, 2.05) is 6.07 Å². The molecule has 4 nitrogen and oxygen atoms in total. The number of fused-ring (bicyclic) bond motifs is 1. The van der Waals surface area contributed by atoms with Crippen LogP contribution in [0.2, 0.25) is 10.0 Å². The second-order valence-electron chi connectivity index (χ2n) is 6.10. The molecule has 126 valence electrons. The first-order valence-electron chi connectivity index (χ1n) is 8.21. The summed E-state index contributed by atoms with van der Waals surface area (Å²) in [6.45, 7) is 6.66. The number of aromatic amines is 1. The van der Waals surface area contributed by atoms with Crippen molar-refractivity contribution < 1.29 is 0 Å². The average molecular weight is 363 g/mol. The summed E-state index contributed by atoms with van der Waals surface area (Å²) in [5.41, 5.74) is 3.14. The van der Waals surface area contributed by atoms with Crippen molar-refractivity contribution in [2.45, 2.75) is 39.5 Å². The number of hydrogen-bond acceptors (Lipinski definition) is 3. The number of halogens is 2. The Hall–Kier alpha value is -1.65. The van der Waals surface area contributed by atoms with Crippen LogP contribution in [0.4, 0.5) is 0 Å². The third-order valence-corrected chi connectivity index (χ3v) is 5.17. The highest BCUT2D eigenvalue weighted by Gasteiger charge is 2.21. The van der Waals surface area contributed by atoms with Gasteiger partial charge in [-0.1, -0.05) is 50.4 Å². The molecule has 0 amide bonds. The van der Waals surface area contributed by atoms with Gasteiger partial charge in [0.2, 0.25) is 0 Å². The number of H-pyrrole nitrogens is 1. The van der Waals surface area contributed by atoms with E-state index in [0.29, 0.717) is 27.6 Å². The fraction of sp³-hybridized carbons (Fsp3) is 0.389. The predicted octanol–water partition coefficient (Wildman–Crippen LogP) is 5.87. The van der Waals surface area contributed by atoms with E-state index >= 15 is 0 Å². The van der Waals surface area contributed by atoms with E-state index in [1.54, 1.807) is 18.3 Å². The van der Waals surface area contributed by atoms with Crippen molar-refractivity contribution in [3.63, 3.8) is 0 Å². The Kier molecular flexibility index (Phi) is 5.07. The molecule has 3 aromatic rings. The van der Waals surface area contributed by atoms with Crippen LogP contribution in [0.3, 0.4) is 0 Å². The van der Waals surface area contributed by atoms with Gasteiger partial charge >= 0.3 is 0 Å². The SMILES string of the molecule is CCC(C)C(CC)c1nc2c(-c3ccc(Cl)cc3Cl)nncc2[nH]1. The molecule has 2 heterocycles. The van der Waals surface area contributed by atoms with Crippen LogP contribution >= 0.6 is 23.2 Å². The Morgan fingerprint density at radius 3 is 2.62 bits per heavy atom. The van der Waals surface area contributed by atoms with Gasteiger partial charge in [-0.2, -0.15) is 5.10 Å². The van der Waals surface area contributed by atoms with Crippen molar-refractivity contribution in [1.29, 1.82) is 0 Å². The summed E-state index contributed by atoms with van der Waals surface area (Å²) in [6.07, 6.45) is 3.86. The van der Waals surface area contributed by atoms with E-state index in [1.165, 1.54) is 0 Å². The van der Waals surface area contributed by atoms with Crippen LogP contribution in [-0.2, 0) is 0 Å². The first-order valence-corrected chi connectivity index (χ1v) is 8.97. The van der Waals surface area contributed by atoms with Crippen molar-refractivity contribution in [3.05, 3.63) is 40.3 Å². The molecule has 0 radical (unpaired) electrons. The summed E-state index contributed by atoms with van der Waals surface area (Å²) in [5, 5.41) is 9.51. The Labute approximate surface area is 151 Å². The maximum absolute atomic E-state index is 6.34. The van der Waals surface area contributed by atoms with Crippen LogP contribution in [0.25, 0.3) is 22.3 Å². The fourth-order valence-corrected chi connectivity index (χ4v) is 3.56. The van der Waals surface area contributed by atoms with Gasteiger partial charge in [-0.3, -0.25) is 0 Å². The van der Waals surface area contributed by atoms with Gasteiger partial charge in [-0.15, -0.1) is 5.10 Å². The Morgan fingerprint density at radius 1 is 1.17 bits per heavy atom. The highest BCUT2D eigenvalue weighted by atomic mass is 35.5. The zero-order valence-corrected chi connectivity index (χ0v) is 15.5. The van der Waals surface area contributed by atoms with E-state index in [2.05, 4.69) is 36.0 Å². The maximum atomic E-state index is 6.34. The van der Waals surface area contributed by atoms with Crippen molar-refractivity contribution >= 4 is 34.2 Å². The van der Waals surface area contributed by atoms with Crippen LogP contribution in [0, 0.1) is 5.92 Å². The zero-order chi connectivity index (χ0) is 17.3. The number of aromatic nitrogens is 4. The van der Waals surface area contributed by atoms with Gasteiger partial charge < -0.3 is 4.98 Å². The summed E-state index contributed by atoms with van der Waals surface area (Å²) >= 11 is 12.3. The number of nitrogens with zero attached hydrogens (tertiary/aromatic N) is 3. The monoisotopic (exact) mass is 362 g/mol. The van der Waals surface area contributed by atoms with E-state index in [0.717, 1.165) is 35.3 Å². The van der Waals surface area contributed by atoms with Gasteiger partial charge in [-0.05, 0) is 30.5 Å². The van der Waals surface area contributed by atoms with E-state index in [4.69, 9.17) is 28.2 Å². The van der Waals surface area contributed by atoms with Crippen molar-refractivity contribution in [1.82, 2.24) is 20.2 Å². The molecule has 0 saturated carbocycles. The summed E-state index contributed by atoms with van der Waals surface area (Å²) in [6, 6.07) is 5.36. The van der Waals surface area contributed by atoms with Gasteiger partial charge in [0.25, 0.3) is 0 Å². The maximum Gasteiger partial charge on any atom is 0.122 e. The summed E-state index contributed by atoms with van der Waals surface area (Å²) in [7, 11) is 0. The topological polar surface area (TPSA) is 54.5 Å². The molecule has 2 aromatic heterocycles. The molecular weight excluding hydrogens is 343 g/mol. The molecule has 0 aliphatic heterocycles. The molecule has 1 aromatic carbocycles. The molecule has 0 aliphatic carbocycles. The molecule has 0 bridgehead atoms. The lowest BCUT2D eigenvalue weighted by atomic mass is 9.89. The second kappa shape index (κ2) is 7.08. The van der Waals surface area contributed by atoms with Gasteiger partial charge in [0.05, 0.1) is 16.7 Å². The van der Waals surface area contributed by atoms with Gasteiger partial charge in [0, 0.05) is 16.5 Å². The predicted molar refractivity (Wildman–Crippen MR) is 99.6 cm³/mol. The van der Waals surface area contributed by atoms with Crippen LogP contribution in [0.5, 0.6) is 0 Å². The smallest absolute Gasteiger partial charge is 0.122 e. The molecule has 24 heavy (non-hydrogen) atoms. The largest absolute Gasteiger partial charge is 0.340 e. The number of benzene rings is 1. The number of nitrogens with one attached hydrogen (secondary N) is 1. The summed E-state index contributed by atoms with van der Waals surface area (Å²) in [4.78, 5) is 8.26. The minimum atomic E-state index is 0.385. The van der Waals surface area contributed by atoms with Gasteiger partial charge in [0.15, 0.2) is 0 Å². The van der Waals surface area contributed by atoms with Crippen LogP contribution in [-0.4, -0.2) is 20.2 Å². The standard InChI is InChI=1S/C18H20Cl2N4/c1-4-10(3)12(5-2)18-22-15-9-21-24-16(17(15)23-18)13-7-6-11(19)8-14(13)20/h6-10,12H,4-5H2,1-3H3,(H,22,23). The Bertz CT molecular complexity index is 859. The lowest BCUT2D eigenvalue weighted by Crippen LogP contribution is -2.09. The molecule has 2 unspecified atom stereocenters. The third-order valence-electron chi connectivity index (χ3n) is 4.63. The first kappa shape index (κ1) is 17.2. The highest BCUT2D eigenvalue weighted by molar-refractivity contribution is 6.36. The molecule has 0 fully saturated rings. The zero-order valence-electron chi connectivity index (χ0n) is 14.0. The minimum absolute atomic E-state index is 0.385. The number of hydrogen-bond donors (Lipinski definition) is 1. The van der Waals surface area contributed by atoms with Gasteiger partial charge in [0.1, 0.15) is 17.0 Å². The highest BCUT2D eigenvalue weighted by Crippen LogP contribution is 2.34. The third kappa shape index (κ3) is 3.13. The summed E-state index contributed by atoms with van der Waals surface area (Å²) < 4.78 is 0. The van der Waals surface area contributed by atoms with Crippen LogP contribution in [0.1, 0.15) is 45.4 Å². The molecule has 0 saturated heterocycles. The Balaban J connectivity index is 2.14. The van der Waals surface area contributed by atoms with Crippen molar-refractivity contribution in [3.8, 4) is 11.3 Å². The summed E-state index contributed by atoms with van der Waals surface area (Å²) in [5.74, 6) is 1.93. The lowest BCUT2D eigenvalue weighted by Gasteiger charge is -2.18. The molecule has 6 heteroatoms. The van der Waals surface area contributed by atoms with E-state index in [-0.39, 0.29) is 0 Å². The fourth-order valence-electron chi connectivity index (χ4n) is 3.06. The van der Waals surface area contributed by atoms with E-state index < -0.39 is 0 Å². The minimum Gasteiger partial charge on any atom is -0.340 e. The number of rotatable bonds is 5. The van der Waals surface area contributed by atoms with Crippen molar-refractivity contribution in [2.24, 2.45) is 5.92 Å². The quantitative estimate of drug-likeness (QED) is 0.617.